The number of benzene rings is 2. The summed E-state index contributed by atoms with van der Waals surface area (Å²) in [6.07, 6.45) is 2.37. The molecule has 0 bridgehead atoms. The van der Waals surface area contributed by atoms with Crippen molar-refractivity contribution < 1.29 is 13.2 Å². The van der Waals surface area contributed by atoms with Gasteiger partial charge in [-0.05, 0) is 61.2 Å². The smallest absolute Gasteiger partial charge is 0.261 e. The minimum atomic E-state index is -3.75. The van der Waals surface area contributed by atoms with Crippen molar-refractivity contribution in [3.8, 4) is 0 Å². The van der Waals surface area contributed by atoms with Gasteiger partial charge < -0.3 is 9.80 Å². The van der Waals surface area contributed by atoms with Gasteiger partial charge >= 0.3 is 0 Å². The molecule has 0 aromatic heterocycles. The van der Waals surface area contributed by atoms with Crippen molar-refractivity contribution in [3.63, 3.8) is 0 Å². The summed E-state index contributed by atoms with van der Waals surface area (Å²) in [6, 6.07) is 12.5. The Bertz CT molecular complexity index is 1030. The van der Waals surface area contributed by atoms with Crippen molar-refractivity contribution >= 4 is 44.8 Å². The lowest BCUT2D eigenvalue weighted by Crippen LogP contribution is -2.33. The first-order valence-corrected chi connectivity index (χ1v) is 12.7. The van der Waals surface area contributed by atoms with E-state index < -0.39 is 10.0 Å². The van der Waals surface area contributed by atoms with Crippen LogP contribution in [0.3, 0.4) is 0 Å². The first kappa shape index (κ1) is 21.1. The molecule has 0 radical (unpaired) electrons. The van der Waals surface area contributed by atoms with Crippen LogP contribution in [0.15, 0.2) is 52.3 Å². The molecule has 0 aliphatic carbocycles. The largest absolute Gasteiger partial charge is 0.372 e. The van der Waals surface area contributed by atoms with Crippen molar-refractivity contribution in [2.24, 2.45) is 5.92 Å². The van der Waals surface area contributed by atoms with E-state index in [4.69, 9.17) is 0 Å². The van der Waals surface area contributed by atoms with Crippen molar-refractivity contribution in [3.05, 3.63) is 42.5 Å². The molecule has 1 fully saturated rings. The molecule has 2 aliphatic heterocycles. The van der Waals surface area contributed by atoms with E-state index in [0.717, 1.165) is 35.3 Å². The van der Waals surface area contributed by atoms with Crippen LogP contribution in [0.2, 0.25) is 0 Å². The maximum atomic E-state index is 13.0. The molecule has 0 saturated carbocycles. The third-order valence-corrected chi connectivity index (χ3v) is 8.17. The van der Waals surface area contributed by atoms with Crippen molar-refractivity contribution in [2.75, 3.05) is 39.9 Å². The van der Waals surface area contributed by atoms with Gasteiger partial charge in [0.15, 0.2) is 0 Å². The Morgan fingerprint density at radius 3 is 2.43 bits per heavy atom. The maximum absolute atomic E-state index is 13.0. The first-order chi connectivity index (χ1) is 14.3. The summed E-state index contributed by atoms with van der Waals surface area (Å²) in [5, 5.41) is 0. The average Bonchev–Trinajstić information content (AvgIpc) is 2.74. The molecule has 30 heavy (non-hydrogen) atoms. The Labute approximate surface area is 182 Å². The Balaban J connectivity index is 1.52. The van der Waals surface area contributed by atoms with Crippen LogP contribution in [0.1, 0.15) is 26.7 Å². The van der Waals surface area contributed by atoms with E-state index in [2.05, 4.69) is 16.5 Å². The number of carbonyl (C=O) groups excluding carboxylic acids is 1. The third-order valence-electron chi connectivity index (χ3n) is 5.75. The number of hydrogen-bond donors (Lipinski definition) is 1. The van der Waals surface area contributed by atoms with Crippen LogP contribution in [-0.4, -0.2) is 39.7 Å². The Kier molecular flexibility index (Phi) is 5.97. The highest BCUT2D eigenvalue weighted by Crippen LogP contribution is 2.36. The summed E-state index contributed by atoms with van der Waals surface area (Å²) in [5.41, 5.74) is 2.31. The number of thioether (sulfide) groups is 1. The van der Waals surface area contributed by atoms with E-state index in [1.54, 1.807) is 47.0 Å². The predicted octanol–water partition coefficient (Wildman–Crippen LogP) is 4.18. The summed E-state index contributed by atoms with van der Waals surface area (Å²) >= 11 is 1.63. The number of anilines is 3. The van der Waals surface area contributed by atoms with E-state index in [9.17, 15) is 13.2 Å². The Morgan fingerprint density at radius 1 is 1.07 bits per heavy atom. The number of rotatable bonds is 4. The fourth-order valence-corrected chi connectivity index (χ4v) is 5.97. The maximum Gasteiger partial charge on any atom is 0.261 e. The van der Waals surface area contributed by atoms with Gasteiger partial charge in [0.05, 0.1) is 10.6 Å². The molecule has 0 atom stereocenters. The third kappa shape index (κ3) is 4.44. The van der Waals surface area contributed by atoms with E-state index in [1.165, 1.54) is 19.8 Å². The fraction of sp³-hybridized carbons (Fsp3) is 0.409. The number of sulfonamides is 1. The summed E-state index contributed by atoms with van der Waals surface area (Å²) < 4.78 is 28.6. The molecule has 4 rings (SSSR count). The zero-order valence-electron chi connectivity index (χ0n) is 17.3. The van der Waals surface area contributed by atoms with Crippen LogP contribution < -0.4 is 14.5 Å². The summed E-state index contributed by atoms with van der Waals surface area (Å²) in [4.78, 5) is 17.0. The van der Waals surface area contributed by atoms with Crippen molar-refractivity contribution in [1.29, 1.82) is 0 Å². The van der Waals surface area contributed by atoms with Crippen LogP contribution >= 0.6 is 11.8 Å². The van der Waals surface area contributed by atoms with Gasteiger partial charge in [0, 0.05) is 48.6 Å². The lowest BCUT2D eigenvalue weighted by molar-refractivity contribution is -0.116. The molecule has 1 saturated heterocycles. The lowest BCUT2D eigenvalue weighted by Gasteiger charge is -2.32. The number of carbonyl (C=O) groups is 1. The normalized spacial score (nSPS) is 17.5. The number of hydrogen-bond acceptors (Lipinski definition) is 5. The highest BCUT2D eigenvalue weighted by atomic mass is 32.2. The van der Waals surface area contributed by atoms with E-state index in [0.29, 0.717) is 17.9 Å². The number of nitrogens with one attached hydrogen (secondary N) is 1. The topological polar surface area (TPSA) is 69.7 Å². The summed E-state index contributed by atoms with van der Waals surface area (Å²) in [7, 11) is -3.75. The molecule has 2 aliphatic rings. The highest BCUT2D eigenvalue weighted by molar-refractivity contribution is 7.99. The second kappa shape index (κ2) is 8.51. The quantitative estimate of drug-likeness (QED) is 0.764. The molecule has 1 amide bonds. The summed E-state index contributed by atoms with van der Waals surface area (Å²) in [5.74, 6) is 1.49. The standard InChI is InChI=1S/C22H27N3O3S2/c1-16-9-11-24(12-10-16)19-5-3-18(4-6-19)23-30(27,28)20-7-8-22-21(15-20)25(17(2)26)13-14-29-22/h3-8,15-16,23H,9-14H2,1-2H3. The van der Waals surface area contributed by atoms with Gasteiger partial charge in [-0.3, -0.25) is 9.52 Å². The second-order valence-electron chi connectivity index (χ2n) is 7.97. The first-order valence-electron chi connectivity index (χ1n) is 10.3. The molecular formula is C22H27N3O3S2. The molecule has 0 spiro atoms. The van der Waals surface area contributed by atoms with Gasteiger partial charge in [-0.25, -0.2) is 8.42 Å². The molecule has 2 aromatic carbocycles. The number of fused-ring (bicyclic) bond motifs is 1. The van der Waals surface area contributed by atoms with Gasteiger partial charge in [-0.2, -0.15) is 0 Å². The fourth-order valence-electron chi connectivity index (χ4n) is 3.91. The van der Waals surface area contributed by atoms with Crippen LogP contribution in [0.25, 0.3) is 0 Å². The Morgan fingerprint density at radius 2 is 1.77 bits per heavy atom. The molecule has 1 N–H and O–H groups in total. The molecular weight excluding hydrogens is 418 g/mol. The number of amides is 1. The zero-order chi connectivity index (χ0) is 21.3. The molecule has 160 valence electrons. The zero-order valence-corrected chi connectivity index (χ0v) is 18.9. The monoisotopic (exact) mass is 445 g/mol. The molecule has 6 nitrogen and oxygen atoms in total. The minimum absolute atomic E-state index is 0.0817. The van der Waals surface area contributed by atoms with E-state index in [1.807, 2.05) is 12.1 Å². The van der Waals surface area contributed by atoms with Gasteiger partial charge in [0.2, 0.25) is 5.91 Å². The van der Waals surface area contributed by atoms with Gasteiger partial charge in [-0.15, -0.1) is 11.8 Å². The molecule has 2 aromatic rings. The van der Waals surface area contributed by atoms with Crippen LogP contribution in [0.4, 0.5) is 17.1 Å². The van der Waals surface area contributed by atoms with Crippen LogP contribution in [0, 0.1) is 5.92 Å². The van der Waals surface area contributed by atoms with E-state index in [-0.39, 0.29) is 10.8 Å². The molecule has 0 unspecified atom stereocenters. The van der Waals surface area contributed by atoms with E-state index >= 15 is 0 Å². The summed E-state index contributed by atoms with van der Waals surface area (Å²) in [6.45, 7) is 6.44. The minimum Gasteiger partial charge on any atom is -0.372 e. The number of piperidine rings is 1. The second-order valence-corrected chi connectivity index (χ2v) is 10.8. The highest BCUT2D eigenvalue weighted by Gasteiger charge is 2.24. The molecule has 2 heterocycles. The lowest BCUT2D eigenvalue weighted by atomic mass is 9.99. The van der Waals surface area contributed by atoms with Crippen molar-refractivity contribution in [1.82, 2.24) is 0 Å². The van der Waals surface area contributed by atoms with Gasteiger partial charge in [-0.1, -0.05) is 6.92 Å². The average molecular weight is 446 g/mol. The molecule has 8 heteroatoms. The Hall–Kier alpha value is -2.19. The van der Waals surface area contributed by atoms with Crippen molar-refractivity contribution in [2.45, 2.75) is 36.5 Å². The SMILES string of the molecule is CC(=O)N1CCSc2ccc(S(=O)(=O)Nc3ccc(N4CCC(C)CC4)cc3)cc21. The number of nitrogens with zero attached hydrogens (tertiary/aromatic N) is 2. The van der Waals surface area contributed by atoms with Crippen LogP contribution in [0.5, 0.6) is 0 Å². The van der Waals surface area contributed by atoms with Crippen LogP contribution in [-0.2, 0) is 14.8 Å². The predicted molar refractivity (Wildman–Crippen MR) is 123 cm³/mol. The van der Waals surface area contributed by atoms with Gasteiger partial charge in [0.25, 0.3) is 10.0 Å². The van der Waals surface area contributed by atoms with Gasteiger partial charge in [0.1, 0.15) is 0 Å².